The van der Waals surface area contributed by atoms with Crippen molar-refractivity contribution in [2.45, 2.75) is 45.2 Å². The van der Waals surface area contributed by atoms with Crippen molar-refractivity contribution in [3.8, 4) is 0 Å². The SMILES string of the molecule is C[C@@H]1Cn2cnc(C(=O)N[C@H](C)C(F)(F)F)c2CN1C(=O)Nc1cc(F)nc(F)c1. The quantitative estimate of drug-likeness (QED) is 0.576. The summed E-state index contributed by atoms with van der Waals surface area (Å²) in [4.78, 5) is 32.9. The number of hydrogen-bond acceptors (Lipinski definition) is 4. The Labute approximate surface area is 167 Å². The molecular weight excluding hydrogens is 415 g/mol. The highest BCUT2D eigenvalue weighted by molar-refractivity contribution is 5.94. The summed E-state index contributed by atoms with van der Waals surface area (Å²) < 4.78 is 66.2. The fraction of sp³-hybridized carbons (Fsp3) is 0.412. The van der Waals surface area contributed by atoms with Crippen molar-refractivity contribution in [1.82, 2.24) is 24.8 Å². The molecule has 3 heterocycles. The van der Waals surface area contributed by atoms with Gasteiger partial charge in [0.05, 0.1) is 24.3 Å². The van der Waals surface area contributed by atoms with Gasteiger partial charge in [0.1, 0.15) is 6.04 Å². The van der Waals surface area contributed by atoms with Gasteiger partial charge in [-0.15, -0.1) is 0 Å². The van der Waals surface area contributed by atoms with E-state index in [0.717, 1.165) is 19.1 Å². The van der Waals surface area contributed by atoms with Crippen LogP contribution in [-0.4, -0.2) is 49.6 Å². The number of rotatable bonds is 3. The van der Waals surface area contributed by atoms with Gasteiger partial charge in [-0.3, -0.25) is 4.79 Å². The van der Waals surface area contributed by atoms with Crippen LogP contribution in [0.3, 0.4) is 0 Å². The molecule has 2 N–H and O–H groups in total. The number of alkyl halides is 3. The van der Waals surface area contributed by atoms with Crippen LogP contribution < -0.4 is 10.6 Å². The third-order valence-corrected chi connectivity index (χ3v) is 4.59. The second-order valence-electron chi connectivity index (χ2n) is 6.84. The number of halogens is 5. The number of carbonyl (C=O) groups is 2. The van der Waals surface area contributed by atoms with E-state index < -0.39 is 42.1 Å². The Morgan fingerprint density at radius 2 is 1.87 bits per heavy atom. The zero-order chi connectivity index (χ0) is 22.2. The molecule has 3 amide bonds. The number of fused-ring (bicyclic) bond motifs is 1. The first kappa shape index (κ1) is 21.5. The molecule has 1 aliphatic heterocycles. The number of pyridine rings is 1. The number of hydrogen-bond donors (Lipinski definition) is 2. The lowest BCUT2D eigenvalue weighted by Gasteiger charge is -2.34. The summed E-state index contributed by atoms with van der Waals surface area (Å²) in [5.74, 6) is -3.26. The van der Waals surface area contributed by atoms with E-state index in [1.807, 2.05) is 5.32 Å². The second-order valence-corrected chi connectivity index (χ2v) is 6.84. The molecule has 0 unspecified atom stereocenters. The maximum absolute atomic E-state index is 13.2. The van der Waals surface area contributed by atoms with Gasteiger partial charge in [0.25, 0.3) is 5.91 Å². The Morgan fingerprint density at radius 3 is 2.47 bits per heavy atom. The standard InChI is InChI=1S/C17H17F5N6O2/c1-8-5-27-7-23-14(15(29)24-9(2)17(20,21)22)11(27)6-28(8)16(30)25-10-3-12(18)26-13(19)4-10/h3-4,7-9H,5-6H2,1-2H3,(H,24,29)(H,25,26,30)/t8-,9-/m1/s1. The third kappa shape index (κ3) is 4.49. The molecule has 0 aromatic carbocycles. The number of nitrogens with one attached hydrogen (secondary N) is 2. The van der Waals surface area contributed by atoms with Gasteiger partial charge >= 0.3 is 12.2 Å². The number of urea groups is 1. The number of nitrogens with zero attached hydrogens (tertiary/aromatic N) is 4. The third-order valence-electron chi connectivity index (χ3n) is 4.59. The van der Waals surface area contributed by atoms with Crippen molar-refractivity contribution in [2.24, 2.45) is 0 Å². The normalized spacial score (nSPS) is 17.3. The van der Waals surface area contributed by atoms with Gasteiger partial charge in [0.2, 0.25) is 11.9 Å². The van der Waals surface area contributed by atoms with E-state index in [1.165, 1.54) is 11.2 Å². The fourth-order valence-electron chi connectivity index (χ4n) is 2.97. The van der Waals surface area contributed by atoms with E-state index >= 15 is 0 Å². The largest absolute Gasteiger partial charge is 0.408 e. The first-order valence-electron chi connectivity index (χ1n) is 8.78. The van der Waals surface area contributed by atoms with Gasteiger partial charge in [-0.05, 0) is 13.8 Å². The van der Waals surface area contributed by atoms with Crippen LogP contribution in [0.1, 0.15) is 30.0 Å². The first-order valence-corrected chi connectivity index (χ1v) is 8.78. The Bertz CT molecular complexity index is 956. The van der Waals surface area contributed by atoms with E-state index in [0.29, 0.717) is 0 Å². The average Bonchev–Trinajstić information content (AvgIpc) is 3.01. The summed E-state index contributed by atoms with van der Waals surface area (Å²) in [5, 5.41) is 4.17. The first-order chi connectivity index (χ1) is 14.0. The molecule has 0 saturated heterocycles. The summed E-state index contributed by atoms with van der Waals surface area (Å²) in [7, 11) is 0. The number of carbonyl (C=O) groups excluding carboxylic acids is 2. The summed E-state index contributed by atoms with van der Waals surface area (Å²) >= 11 is 0. The second kappa shape index (κ2) is 7.88. The zero-order valence-electron chi connectivity index (χ0n) is 15.8. The molecule has 0 radical (unpaired) electrons. The van der Waals surface area contributed by atoms with Crippen LogP contribution in [0.25, 0.3) is 0 Å². The molecule has 0 bridgehead atoms. The van der Waals surface area contributed by atoms with Gasteiger partial charge < -0.3 is 20.1 Å². The van der Waals surface area contributed by atoms with Crippen LogP contribution in [-0.2, 0) is 13.1 Å². The maximum atomic E-state index is 13.2. The Hall–Kier alpha value is -3.25. The molecule has 13 heteroatoms. The molecule has 162 valence electrons. The monoisotopic (exact) mass is 432 g/mol. The lowest BCUT2D eigenvalue weighted by molar-refractivity contribution is -0.149. The molecule has 0 aliphatic carbocycles. The van der Waals surface area contributed by atoms with Gasteiger partial charge in [-0.25, -0.2) is 9.78 Å². The van der Waals surface area contributed by atoms with Crippen LogP contribution in [0.15, 0.2) is 18.5 Å². The lowest BCUT2D eigenvalue weighted by Crippen LogP contribution is -2.47. The molecule has 1 aliphatic rings. The molecule has 2 aromatic rings. The number of aromatic nitrogens is 3. The number of amides is 3. The van der Waals surface area contributed by atoms with E-state index in [2.05, 4.69) is 15.3 Å². The average molecular weight is 432 g/mol. The van der Waals surface area contributed by atoms with Crippen molar-refractivity contribution < 1.29 is 31.5 Å². The molecule has 0 saturated carbocycles. The molecule has 2 aromatic heterocycles. The summed E-state index contributed by atoms with van der Waals surface area (Å²) in [6, 6.07) is -1.53. The molecule has 30 heavy (non-hydrogen) atoms. The van der Waals surface area contributed by atoms with Crippen LogP contribution in [0.5, 0.6) is 0 Å². The molecule has 8 nitrogen and oxygen atoms in total. The lowest BCUT2D eigenvalue weighted by atomic mass is 10.1. The molecule has 2 atom stereocenters. The highest BCUT2D eigenvalue weighted by Gasteiger charge is 2.38. The van der Waals surface area contributed by atoms with Crippen molar-refractivity contribution in [3.05, 3.63) is 41.7 Å². The van der Waals surface area contributed by atoms with Gasteiger partial charge in [0.15, 0.2) is 5.69 Å². The predicted octanol–water partition coefficient (Wildman–Crippen LogP) is 2.67. The number of anilines is 1. The minimum absolute atomic E-state index is 0.147. The van der Waals surface area contributed by atoms with Gasteiger partial charge in [-0.2, -0.15) is 26.9 Å². The van der Waals surface area contributed by atoms with Gasteiger partial charge in [0, 0.05) is 24.7 Å². The van der Waals surface area contributed by atoms with Crippen LogP contribution in [0.2, 0.25) is 0 Å². The fourth-order valence-corrected chi connectivity index (χ4v) is 2.97. The molecule has 0 fully saturated rings. The van der Waals surface area contributed by atoms with E-state index in [9.17, 15) is 31.5 Å². The van der Waals surface area contributed by atoms with Crippen LogP contribution in [0, 0.1) is 11.9 Å². The van der Waals surface area contributed by atoms with Crippen molar-refractivity contribution >= 4 is 17.6 Å². The smallest absolute Gasteiger partial charge is 0.339 e. The number of imidazole rings is 1. The zero-order valence-corrected chi connectivity index (χ0v) is 15.8. The molecule has 0 spiro atoms. The minimum atomic E-state index is -4.62. The minimum Gasteiger partial charge on any atom is -0.339 e. The van der Waals surface area contributed by atoms with Gasteiger partial charge in [-0.1, -0.05) is 0 Å². The summed E-state index contributed by atoms with van der Waals surface area (Å²) in [6.07, 6.45) is -3.31. The van der Waals surface area contributed by atoms with Crippen molar-refractivity contribution in [1.29, 1.82) is 0 Å². The van der Waals surface area contributed by atoms with Crippen molar-refractivity contribution in [3.63, 3.8) is 0 Å². The van der Waals surface area contributed by atoms with E-state index in [4.69, 9.17) is 0 Å². The molecule has 3 rings (SSSR count). The Morgan fingerprint density at radius 1 is 1.23 bits per heavy atom. The Kier molecular flexibility index (Phi) is 5.63. The highest BCUT2D eigenvalue weighted by atomic mass is 19.4. The maximum Gasteiger partial charge on any atom is 0.408 e. The van der Waals surface area contributed by atoms with Crippen LogP contribution in [0.4, 0.5) is 32.4 Å². The topological polar surface area (TPSA) is 92.2 Å². The predicted molar refractivity (Wildman–Crippen MR) is 93.4 cm³/mol. The van der Waals surface area contributed by atoms with Crippen molar-refractivity contribution in [2.75, 3.05) is 5.32 Å². The summed E-state index contributed by atoms with van der Waals surface area (Å²) in [6.45, 7) is 2.57. The Balaban J connectivity index is 1.78. The van der Waals surface area contributed by atoms with E-state index in [-0.39, 0.29) is 30.2 Å². The summed E-state index contributed by atoms with van der Waals surface area (Å²) in [5.41, 5.74) is -0.160. The highest BCUT2D eigenvalue weighted by Crippen LogP contribution is 2.24. The molecular formula is C17H17F5N6O2. The van der Waals surface area contributed by atoms with E-state index in [1.54, 1.807) is 11.5 Å². The van der Waals surface area contributed by atoms with Crippen LogP contribution >= 0.6 is 0 Å².